The molecule has 1 heterocycles. The van der Waals surface area contributed by atoms with Crippen LogP contribution in [-0.2, 0) is 19.5 Å². The first-order valence-corrected chi connectivity index (χ1v) is 13.4. The molecule has 1 saturated carbocycles. The number of hydrogen-bond acceptors (Lipinski definition) is 6. The van der Waals surface area contributed by atoms with Crippen molar-refractivity contribution in [2.75, 3.05) is 33.1 Å². The number of carbonyl (C=O) groups is 1. The standard InChI is InChI=1S/C23H36N2O6S/c1-4-30-23(26)25-14-6-9-21(24-32(3,27)28)22(25)16-31-19-12-10-17(11-13-19)18-7-5-8-20(15-18)29-2/h5,7-8,15,17,19,21-22,24H,4,6,9-14,16H2,1-3H3/t17?,19?,21-,22-/m0/s1. The van der Waals surface area contributed by atoms with Crippen LogP contribution in [0.25, 0.3) is 0 Å². The molecule has 180 valence electrons. The molecule has 2 atom stereocenters. The second-order valence-corrected chi connectivity index (χ2v) is 10.5. The predicted molar refractivity (Wildman–Crippen MR) is 122 cm³/mol. The van der Waals surface area contributed by atoms with E-state index >= 15 is 0 Å². The summed E-state index contributed by atoms with van der Waals surface area (Å²) < 4.78 is 43.2. The molecule has 1 amide bonds. The lowest BCUT2D eigenvalue weighted by Crippen LogP contribution is -2.59. The largest absolute Gasteiger partial charge is 0.497 e. The van der Waals surface area contributed by atoms with Gasteiger partial charge in [0.05, 0.1) is 38.7 Å². The van der Waals surface area contributed by atoms with E-state index in [0.717, 1.165) is 37.7 Å². The van der Waals surface area contributed by atoms with Crippen molar-refractivity contribution >= 4 is 16.1 Å². The van der Waals surface area contributed by atoms with Gasteiger partial charge < -0.3 is 19.1 Å². The molecule has 0 bridgehead atoms. The van der Waals surface area contributed by atoms with Crippen LogP contribution in [0.3, 0.4) is 0 Å². The Morgan fingerprint density at radius 1 is 1.19 bits per heavy atom. The summed E-state index contributed by atoms with van der Waals surface area (Å²) in [6.07, 6.45) is 6.12. The van der Waals surface area contributed by atoms with Crippen molar-refractivity contribution in [3.63, 3.8) is 0 Å². The molecule has 1 aromatic carbocycles. The van der Waals surface area contributed by atoms with E-state index in [1.165, 1.54) is 5.56 Å². The number of nitrogens with zero attached hydrogens (tertiary/aromatic N) is 1. The summed E-state index contributed by atoms with van der Waals surface area (Å²) in [5, 5.41) is 0. The summed E-state index contributed by atoms with van der Waals surface area (Å²) >= 11 is 0. The number of hydrogen-bond donors (Lipinski definition) is 1. The van der Waals surface area contributed by atoms with E-state index in [1.807, 2.05) is 12.1 Å². The van der Waals surface area contributed by atoms with Gasteiger partial charge in [-0.05, 0) is 69.1 Å². The van der Waals surface area contributed by atoms with Gasteiger partial charge in [0.2, 0.25) is 10.0 Å². The van der Waals surface area contributed by atoms with E-state index in [-0.39, 0.29) is 24.8 Å². The van der Waals surface area contributed by atoms with Crippen LogP contribution in [0.4, 0.5) is 4.79 Å². The average molecular weight is 469 g/mol. The van der Waals surface area contributed by atoms with Crippen LogP contribution >= 0.6 is 0 Å². The van der Waals surface area contributed by atoms with Gasteiger partial charge in [-0.1, -0.05) is 12.1 Å². The van der Waals surface area contributed by atoms with Gasteiger partial charge in [-0.25, -0.2) is 17.9 Å². The molecule has 8 nitrogen and oxygen atoms in total. The monoisotopic (exact) mass is 468 g/mol. The molecule has 0 spiro atoms. The summed E-state index contributed by atoms with van der Waals surface area (Å²) in [6, 6.07) is 7.48. The van der Waals surface area contributed by atoms with Crippen molar-refractivity contribution in [1.82, 2.24) is 9.62 Å². The first kappa shape index (κ1) is 24.8. The number of methoxy groups -OCH3 is 1. The molecular weight excluding hydrogens is 432 g/mol. The number of nitrogens with one attached hydrogen (secondary N) is 1. The normalized spacial score (nSPS) is 26.5. The lowest BCUT2D eigenvalue weighted by molar-refractivity contribution is -0.0261. The highest BCUT2D eigenvalue weighted by molar-refractivity contribution is 7.88. The van der Waals surface area contributed by atoms with Crippen LogP contribution in [0.15, 0.2) is 24.3 Å². The van der Waals surface area contributed by atoms with E-state index in [1.54, 1.807) is 18.9 Å². The van der Waals surface area contributed by atoms with Gasteiger partial charge in [0.1, 0.15) is 5.75 Å². The molecule has 0 aromatic heterocycles. The highest BCUT2D eigenvalue weighted by Crippen LogP contribution is 2.35. The fraction of sp³-hybridized carbons (Fsp3) is 0.696. The zero-order chi connectivity index (χ0) is 23.1. The van der Waals surface area contributed by atoms with Gasteiger partial charge in [-0.2, -0.15) is 0 Å². The molecule has 3 rings (SSSR count). The molecule has 1 saturated heterocycles. The second kappa shape index (κ2) is 11.3. The van der Waals surface area contributed by atoms with Crippen molar-refractivity contribution in [2.45, 2.75) is 69.6 Å². The molecule has 0 unspecified atom stereocenters. The number of sulfonamides is 1. The van der Waals surface area contributed by atoms with E-state index in [4.69, 9.17) is 14.2 Å². The Morgan fingerprint density at radius 2 is 1.94 bits per heavy atom. The van der Waals surface area contributed by atoms with Gasteiger partial charge in [-0.15, -0.1) is 0 Å². The third-order valence-electron chi connectivity index (χ3n) is 6.39. The van der Waals surface area contributed by atoms with Crippen molar-refractivity contribution in [1.29, 1.82) is 0 Å². The van der Waals surface area contributed by atoms with E-state index in [9.17, 15) is 13.2 Å². The highest BCUT2D eigenvalue weighted by Gasteiger charge is 2.37. The van der Waals surface area contributed by atoms with Gasteiger partial charge in [0, 0.05) is 12.6 Å². The number of piperidine rings is 1. The van der Waals surface area contributed by atoms with Gasteiger partial charge >= 0.3 is 6.09 Å². The zero-order valence-electron chi connectivity index (χ0n) is 19.3. The maximum absolute atomic E-state index is 12.5. The molecule has 0 radical (unpaired) electrons. The molecule has 9 heteroatoms. The van der Waals surface area contributed by atoms with Crippen LogP contribution in [-0.4, -0.2) is 70.7 Å². The summed E-state index contributed by atoms with van der Waals surface area (Å²) in [4.78, 5) is 14.1. The fourth-order valence-corrected chi connectivity index (χ4v) is 5.63. The molecule has 1 aromatic rings. The van der Waals surface area contributed by atoms with Crippen molar-refractivity contribution < 1.29 is 27.4 Å². The van der Waals surface area contributed by atoms with Crippen molar-refractivity contribution in [2.24, 2.45) is 0 Å². The Hall–Kier alpha value is -1.84. The maximum atomic E-state index is 12.5. The number of likely N-dealkylation sites (tertiary alicyclic amines) is 1. The Balaban J connectivity index is 1.59. The summed E-state index contributed by atoms with van der Waals surface area (Å²) in [7, 11) is -1.72. The minimum atomic E-state index is -3.40. The van der Waals surface area contributed by atoms with Crippen LogP contribution in [0, 0.1) is 0 Å². The number of rotatable bonds is 8. The topological polar surface area (TPSA) is 94.2 Å². The van der Waals surface area contributed by atoms with Crippen LogP contribution < -0.4 is 9.46 Å². The third kappa shape index (κ3) is 6.83. The summed E-state index contributed by atoms with van der Waals surface area (Å²) in [5.41, 5.74) is 1.29. The molecule has 32 heavy (non-hydrogen) atoms. The highest BCUT2D eigenvalue weighted by atomic mass is 32.2. The molecule has 1 N–H and O–H groups in total. The Kier molecular flexibility index (Phi) is 8.79. The first-order valence-electron chi connectivity index (χ1n) is 11.5. The van der Waals surface area contributed by atoms with Gasteiger partial charge in [0.25, 0.3) is 0 Å². The lowest BCUT2D eigenvalue weighted by Gasteiger charge is -2.41. The number of ether oxygens (including phenoxy) is 3. The fourth-order valence-electron chi connectivity index (χ4n) is 4.80. The Bertz CT molecular complexity index is 854. The quantitative estimate of drug-likeness (QED) is 0.629. The number of amides is 1. The predicted octanol–water partition coefficient (Wildman–Crippen LogP) is 3.28. The summed E-state index contributed by atoms with van der Waals surface area (Å²) in [5.74, 6) is 1.36. The van der Waals surface area contributed by atoms with Crippen LogP contribution in [0.5, 0.6) is 5.75 Å². The van der Waals surface area contributed by atoms with E-state index in [0.29, 0.717) is 31.9 Å². The first-order chi connectivity index (χ1) is 15.3. The van der Waals surface area contributed by atoms with E-state index < -0.39 is 16.1 Å². The zero-order valence-corrected chi connectivity index (χ0v) is 20.1. The van der Waals surface area contributed by atoms with Crippen LogP contribution in [0.1, 0.15) is 56.9 Å². The minimum Gasteiger partial charge on any atom is -0.497 e. The maximum Gasteiger partial charge on any atom is 0.410 e. The summed E-state index contributed by atoms with van der Waals surface area (Å²) in [6.45, 7) is 2.87. The van der Waals surface area contributed by atoms with Crippen molar-refractivity contribution in [3.8, 4) is 5.75 Å². The molecule has 2 aliphatic rings. The molecular formula is C23H36N2O6S. The molecule has 2 fully saturated rings. The minimum absolute atomic E-state index is 0.0988. The third-order valence-corrected chi connectivity index (χ3v) is 7.12. The number of benzene rings is 1. The van der Waals surface area contributed by atoms with Crippen LogP contribution in [0.2, 0.25) is 0 Å². The SMILES string of the molecule is CCOC(=O)N1CCC[C@H](NS(C)(=O)=O)[C@@H]1COC1CCC(c2cccc(OC)c2)CC1. The van der Waals surface area contributed by atoms with E-state index in [2.05, 4.69) is 16.9 Å². The molecule has 1 aliphatic carbocycles. The smallest absolute Gasteiger partial charge is 0.410 e. The Morgan fingerprint density at radius 3 is 2.59 bits per heavy atom. The van der Waals surface area contributed by atoms with Gasteiger partial charge in [0.15, 0.2) is 0 Å². The lowest BCUT2D eigenvalue weighted by atomic mass is 9.82. The van der Waals surface area contributed by atoms with Gasteiger partial charge in [-0.3, -0.25) is 0 Å². The second-order valence-electron chi connectivity index (χ2n) is 8.68. The molecule has 1 aliphatic heterocycles. The van der Waals surface area contributed by atoms with Crippen molar-refractivity contribution in [3.05, 3.63) is 29.8 Å². The number of carbonyl (C=O) groups excluding carboxylic acids is 1. The average Bonchev–Trinajstić information content (AvgIpc) is 2.77. The Labute approximate surface area is 191 Å².